The minimum absolute atomic E-state index is 0.0796. The number of methoxy groups -OCH3 is 1. The monoisotopic (exact) mass is 369 g/mol. The van der Waals surface area contributed by atoms with Crippen molar-refractivity contribution in [1.29, 1.82) is 0 Å². The van der Waals surface area contributed by atoms with E-state index in [9.17, 15) is 9.90 Å². The van der Waals surface area contributed by atoms with Gasteiger partial charge < -0.3 is 19.5 Å². The first-order valence-electron chi connectivity index (χ1n) is 8.73. The Morgan fingerprint density at radius 1 is 1.28 bits per heavy atom. The van der Waals surface area contributed by atoms with E-state index in [1.807, 2.05) is 30.9 Å². The molecule has 1 aliphatic rings. The summed E-state index contributed by atoms with van der Waals surface area (Å²) >= 11 is 6.18. The summed E-state index contributed by atoms with van der Waals surface area (Å²) in [6.07, 6.45) is 2.27. The lowest BCUT2D eigenvalue weighted by molar-refractivity contribution is -0.132. The summed E-state index contributed by atoms with van der Waals surface area (Å²) in [5, 5.41) is 11.6. The average molecular weight is 370 g/mol. The summed E-state index contributed by atoms with van der Waals surface area (Å²) < 4.78 is 10.8. The molecule has 0 aliphatic carbocycles. The van der Waals surface area contributed by atoms with Crippen molar-refractivity contribution in [2.45, 2.75) is 45.1 Å². The van der Waals surface area contributed by atoms with Crippen molar-refractivity contribution >= 4 is 17.5 Å². The number of rotatable bonds is 6. The molecule has 1 aliphatic heterocycles. The number of aliphatic hydroxyl groups is 1. The molecule has 1 aromatic rings. The molecule has 0 spiro atoms. The molecule has 0 aromatic heterocycles. The minimum atomic E-state index is -0.919. The van der Waals surface area contributed by atoms with Crippen LogP contribution in [-0.4, -0.2) is 54.9 Å². The standard InChI is InChI=1S/C19H28ClNO4/c1-14-11-16(12-15(2)18(14)20)25-13-19(23)6-4-8-21(9-7-19)17(22)5-10-24-3/h11-12,23H,4-10,13H2,1-3H3. The van der Waals surface area contributed by atoms with Gasteiger partial charge in [0, 0.05) is 25.2 Å². The van der Waals surface area contributed by atoms with Crippen molar-refractivity contribution < 1.29 is 19.4 Å². The van der Waals surface area contributed by atoms with Gasteiger partial charge in [-0.1, -0.05) is 11.6 Å². The van der Waals surface area contributed by atoms with Crippen molar-refractivity contribution in [3.05, 3.63) is 28.3 Å². The minimum Gasteiger partial charge on any atom is -0.491 e. The third-order valence-corrected chi connectivity index (χ3v) is 5.30. The van der Waals surface area contributed by atoms with Crippen molar-refractivity contribution in [3.63, 3.8) is 0 Å². The van der Waals surface area contributed by atoms with Crippen LogP contribution in [0.5, 0.6) is 5.75 Å². The fraction of sp³-hybridized carbons (Fsp3) is 0.632. The quantitative estimate of drug-likeness (QED) is 0.837. The number of nitrogens with zero attached hydrogens (tertiary/aromatic N) is 1. The van der Waals surface area contributed by atoms with Crippen LogP contribution in [0, 0.1) is 13.8 Å². The normalized spacial score (nSPS) is 21.1. The lowest BCUT2D eigenvalue weighted by Crippen LogP contribution is -2.38. The van der Waals surface area contributed by atoms with E-state index in [2.05, 4.69) is 0 Å². The average Bonchev–Trinajstić information content (AvgIpc) is 2.78. The molecule has 1 N–H and O–H groups in total. The SMILES string of the molecule is COCCC(=O)N1CCCC(O)(COc2cc(C)c(Cl)c(C)c2)CC1. The largest absolute Gasteiger partial charge is 0.491 e. The number of carbonyl (C=O) groups excluding carboxylic acids is 1. The highest BCUT2D eigenvalue weighted by Gasteiger charge is 2.32. The highest BCUT2D eigenvalue weighted by Crippen LogP contribution is 2.28. The van der Waals surface area contributed by atoms with Crippen LogP contribution < -0.4 is 4.74 Å². The maximum absolute atomic E-state index is 12.1. The summed E-state index contributed by atoms with van der Waals surface area (Å²) in [5.41, 5.74) is 0.997. The Balaban J connectivity index is 1.92. The molecule has 1 unspecified atom stereocenters. The maximum Gasteiger partial charge on any atom is 0.224 e. The number of hydrogen-bond acceptors (Lipinski definition) is 4. The third kappa shape index (κ3) is 5.59. The maximum atomic E-state index is 12.1. The number of benzene rings is 1. The van der Waals surface area contributed by atoms with Crippen LogP contribution >= 0.6 is 11.6 Å². The first-order valence-corrected chi connectivity index (χ1v) is 9.11. The zero-order valence-corrected chi connectivity index (χ0v) is 16.1. The van der Waals surface area contributed by atoms with Crippen molar-refractivity contribution in [2.75, 3.05) is 33.4 Å². The lowest BCUT2D eigenvalue weighted by atomic mass is 9.96. The van der Waals surface area contributed by atoms with E-state index in [1.54, 1.807) is 7.11 Å². The Labute approximate surface area is 154 Å². The zero-order valence-electron chi connectivity index (χ0n) is 15.3. The summed E-state index contributed by atoms with van der Waals surface area (Å²) in [6.45, 7) is 5.73. The summed E-state index contributed by atoms with van der Waals surface area (Å²) in [7, 11) is 1.59. The first-order chi connectivity index (χ1) is 11.8. The number of likely N-dealkylation sites (tertiary alicyclic amines) is 1. The van der Waals surface area contributed by atoms with Crippen molar-refractivity contribution in [1.82, 2.24) is 4.90 Å². The van der Waals surface area contributed by atoms with Gasteiger partial charge in [0.15, 0.2) is 0 Å². The molecule has 1 amide bonds. The smallest absolute Gasteiger partial charge is 0.224 e. The molecule has 5 nitrogen and oxygen atoms in total. The van der Waals surface area contributed by atoms with Gasteiger partial charge in [0.05, 0.1) is 13.0 Å². The lowest BCUT2D eigenvalue weighted by Gasteiger charge is -2.27. The molecule has 1 atom stereocenters. The summed E-state index contributed by atoms with van der Waals surface area (Å²) in [5.74, 6) is 0.793. The molecule has 1 heterocycles. The number of ether oxygens (including phenoxy) is 2. The number of carbonyl (C=O) groups is 1. The molecular weight excluding hydrogens is 342 g/mol. The molecule has 0 saturated carbocycles. The second-order valence-corrected chi connectivity index (χ2v) is 7.24. The fourth-order valence-corrected chi connectivity index (χ4v) is 3.24. The highest BCUT2D eigenvalue weighted by molar-refractivity contribution is 6.32. The first kappa shape index (κ1) is 20.0. The second-order valence-electron chi connectivity index (χ2n) is 6.86. The zero-order chi connectivity index (χ0) is 18.4. The van der Waals surface area contributed by atoms with Gasteiger partial charge in [0.25, 0.3) is 0 Å². The number of aryl methyl sites for hydroxylation is 2. The summed E-state index contributed by atoms with van der Waals surface area (Å²) in [6, 6.07) is 3.77. The van der Waals surface area contributed by atoms with Gasteiger partial charge in [-0.15, -0.1) is 0 Å². The highest BCUT2D eigenvalue weighted by atomic mass is 35.5. The number of amides is 1. The Bertz CT molecular complexity index is 584. The van der Waals surface area contributed by atoms with Crippen LogP contribution in [0.2, 0.25) is 5.02 Å². The van der Waals surface area contributed by atoms with Crippen molar-refractivity contribution in [2.24, 2.45) is 0 Å². The van der Waals surface area contributed by atoms with Gasteiger partial charge >= 0.3 is 0 Å². The molecule has 0 radical (unpaired) electrons. The molecule has 0 bridgehead atoms. The van der Waals surface area contributed by atoms with Crippen LogP contribution in [-0.2, 0) is 9.53 Å². The van der Waals surface area contributed by atoms with Gasteiger partial charge in [-0.3, -0.25) is 4.79 Å². The molecule has 1 saturated heterocycles. The molecule has 1 aromatic carbocycles. The van der Waals surface area contributed by atoms with Crippen molar-refractivity contribution in [3.8, 4) is 5.75 Å². The Kier molecular flexibility index (Phi) is 7.11. The van der Waals surface area contributed by atoms with E-state index in [4.69, 9.17) is 21.1 Å². The van der Waals surface area contributed by atoms with Crippen LogP contribution in [0.15, 0.2) is 12.1 Å². The van der Waals surface area contributed by atoms with Gasteiger partial charge in [-0.2, -0.15) is 0 Å². The molecule has 1 fully saturated rings. The topological polar surface area (TPSA) is 59.0 Å². The Hall–Kier alpha value is -1.30. The predicted molar refractivity (Wildman–Crippen MR) is 98.3 cm³/mol. The van der Waals surface area contributed by atoms with Gasteiger partial charge in [-0.25, -0.2) is 0 Å². The van der Waals surface area contributed by atoms with Gasteiger partial charge in [-0.05, 0) is 56.4 Å². The van der Waals surface area contributed by atoms with E-state index >= 15 is 0 Å². The van der Waals surface area contributed by atoms with E-state index < -0.39 is 5.60 Å². The predicted octanol–water partition coefficient (Wildman–Crippen LogP) is 3.12. The summed E-state index contributed by atoms with van der Waals surface area (Å²) in [4.78, 5) is 13.9. The number of hydrogen-bond donors (Lipinski definition) is 1. The van der Waals surface area contributed by atoms with Crippen LogP contribution in [0.3, 0.4) is 0 Å². The third-order valence-electron chi connectivity index (χ3n) is 4.71. The van der Waals surface area contributed by atoms with E-state index in [-0.39, 0.29) is 12.5 Å². The molecule has 6 heteroatoms. The molecule has 25 heavy (non-hydrogen) atoms. The second kappa shape index (κ2) is 8.88. The van der Waals surface area contributed by atoms with Crippen LogP contribution in [0.4, 0.5) is 0 Å². The Morgan fingerprint density at radius 2 is 1.96 bits per heavy atom. The van der Waals surface area contributed by atoms with Gasteiger partial charge in [0.1, 0.15) is 18.0 Å². The Morgan fingerprint density at radius 3 is 2.60 bits per heavy atom. The fourth-order valence-electron chi connectivity index (χ4n) is 3.13. The van der Waals surface area contributed by atoms with E-state index in [0.717, 1.165) is 22.6 Å². The molecular formula is C19H28ClNO4. The van der Waals surface area contributed by atoms with E-state index in [0.29, 0.717) is 44.7 Å². The van der Waals surface area contributed by atoms with E-state index in [1.165, 1.54) is 0 Å². The number of halogens is 1. The molecule has 140 valence electrons. The molecule has 2 rings (SSSR count). The van der Waals surface area contributed by atoms with Gasteiger partial charge in [0.2, 0.25) is 5.91 Å². The van der Waals surface area contributed by atoms with Crippen LogP contribution in [0.1, 0.15) is 36.8 Å². The van der Waals surface area contributed by atoms with Crippen LogP contribution in [0.25, 0.3) is 0 Å².